The van der Waals surface area contributed by atoms with Crippen LogP contribution in [0.1, 0.15) is 33.3 Å². The van der Waals surface area contributed by atoms with Crippen molar-refractivity contribution in [3.8, 4) is 11.3 Å². The Balaban J connectivity index is 1.79. The number of halogens is 3. The first-order valence-electron chi connectivity index (χ1n) is 12.3. The molecular weight excluding hydrogens is 551 g/mol. The Hall–Kier alpha value is -3.49. The highest BCUT2D eigenvalue weighted by molar-refractivity contribution is 7.89. The van der Waals surface area contributed by atoms with E-state index in [0.717, 1.165) is 17.0 Å². The summed E-state index contributed by atoms with van der Waals surface area (Å²) in [6.45, 7) is 6.53. The maximum absolute atomic E-state index is 12.9. The van der Waals surface area contributed by atoms with Gasteiger partial charge in [-0.15, -0.1) is 0 Å². The molecule has 2 heterocycles. The van der Waals surface area contributed by atoms with Crippen molar-refractivity contribution in [2.24, 2.45) is 5.41 Å². The van der Waals surface area contributed by atoms with E-state index in [1.807, 2.05) is 20.8 Å². The fourth-order valence-corrected chi connectivity index (χ4v) is 5.12. The van der Waals surface area contributed by atoms with E-state index in [-0.39, 0.29) is 11.6 Å². The van der Waals surface area contributed by atoms with E-state index in [9.17, 15) is 36.6 Å². The van der Waals surface area contributed by atoms with Crippen LogP contribution >= 0.6 is 0 Å². The van der Waals surface area contributed by atoms with Crippen molar-refractivity contribution in [2.45, 2.75) is 63.6 Å². The highest BCUT2D eigenvalue weighted by Crippen LogP contribution is 2.31. The van der Waals surface area contributed by atoms with Crippen LogP contribution in [0.15, 0.2) is 66.0 Å². The number of rotatable bonds is 10. The highest BCUT2D eigenvalue weighted by Gasteiger charge is 2.39. The smallest absolute Gasteiger partial charge is 0.416 e. The van der Waals surface area contributed by atoms with Gasteiger partial charge in [-0.2, -0.15) is 18.3 Å². The van der Waals surface area contributed by atoms with Crippen LogP contribution in [0.2, 0.25) is 0 Å². The zero-order chi connectivity index (χ0) is 29.9. The summed E-state index contributed by atoms with van der Waals surface area (Å²) in [5, 5.41) is 25.1. The summed E-state index contributed by atoms with van der Waals surface area (Å²) in [5.74, 6) is 0. The predicted molar refractivity (Wildman–Crippen MR) is 141 cm³/mol. The number of carbonyl (C=O) groups is 1. The van der Waals surface area contributed by atoms with Gasteiger partial charge < -0.3 is 10.2 Å². The molecule has 1 amide bonds. The lowest BCUT2D eigenvalue weighted by molar-refractivity contribution is -0.137. The van der Waals surface area contributed by atoms with Crippen LogP contribution in [0.25, 0.3) is 11.3 Å². The maximum atomic E-state index is 12.9. The van der Waals surface area contributed by atoms with Crippen molar-refractivity contribution in [1.82, 2.24) is 24.4 Å². The number of hydrogen-bond donors (Lipinski definition) is 3. The summed E-state index contributed by atoms with van der Waals surface area (Å²) in [7, 11) is -4.03. The van der Waals surface area contributed by atoms with Crippen molar-refractivity contribution >= 4 is 16.1 Å². The molecule has 218 valence electrons. The molecule has 10 nitrogen and oxygen atoms in total. The first-order chi connectivity index (χ1) is 18.5. The molecule has 0 aliphatic heterocycles. The van der Waals surface area contributed by atoms with Crippen LogP contribution in [0, 0.1) is 5.41 Å². The topological polar surface area (TPSA) is 138 Å². The molecule has 40 heavy (non-hydrogen) atoms. The number of carboxylic acid groups (broad SMARTS) is 1. The van der Waals surface area contributed by atoms with Crippen molar-refractivity contribution in [3.63, 3.8) is 0 Å². The Kier molecular flexibility index (Phi) is 9.27. The Bertz CT molecular complexity index is 1390. The van der Waals surface area contributed by atoms with Gasteiger partial charge in [0, 0.05) is 24.5 Å². The van der Waals surface area contributed by atoms with Crippen LogP contribution < -0.4 is 4.72 Å². The summed E-state index contributed by atoms with van der Waals surface area (Å²) in [6.07, 6.45) is -4.29. The maximum Gasteiger partial charge on any atom is 0.416 e. The van der Waals surface area contributed by atoms with Gasteiger partial charge in [0.2, 0.25) is 0 Å². The molecule has 1 unspecified atom stereocenters. The van der Waals surface area contributed by atoms with E-state index in [2.05, 4.69) is 14.8 Å². The normalized spacial score (nSPS) is 14.9. The third kappa shape index (κ3) is 7.58. The molecule has 3 atom stereocenters. The number of hydrogen-bond acceptors (Lipinski definition) is 6. The molecule has 0 saturated carbocycles. The number of alkyl halides is 3. The van der Waals surface area contributed by atoms with Crippen molar-refractivity contribution < 1.29 is 36.6 Å². The molecule has 0 radical (unpaired) electrons. The number of sulfonamides is 1. The SMILES string of the molecule is C[C@@H]([C@H](O)CNS(=O)(=O)c1ccccn1)N(C(=O)O)C(Cn1ccc(-c2ccc(C(F)(F)F)cc2)n1)C(C)(C)C. The Labute approximate surface area is 230 Å². The predicted octanol–water partition coefficient (Wildman–Crippen LogP) is 4.09. The summed E-state index contributed by atoms with van der Waals surface area (Å²) in [5.41, 5.74) is -0.575. The molecule has 3 N–H and O–H groups in total. The second-order valence-electron chi connectivity index (χ2n) is 10.4. The number of amides is 1. The minimum atomic E-state index is -4.46. The molecular formula is C26H32F3N5O5S. The average molecular weight is 584 g/mol. The quantitative estimate of drug-likeness (QED) is 0.327. The molecule has 0 fully saturated rings. The van der Waals surface area contributed by atoms with Crippen molar-refractivity contribution in [2.75, 3.05) is 6.54 Å². The molecule has 2 aromatic heterocycles. The fraction of sp³-hybridized carbons (Fsp3) is 0.423. The van der Waals surface area contributed by atoms with Gasteiger partial charge in [-0.3, -0.25) is 9.58 Å². The standard InChI is InChI=1S/C26H32F3N5O5S/c1-17(21(35)15-31-40(38,39)23-7-5-6-13-30-23)34(24(36)37)22(25(2,3)4)16-33-14-12-20(32-33)18-8-10-19(11-9-18)26(27,28)29/h5-14,17,21-22,31,35H,15-16H2,1-4H3,(H,36,37)/t17-,21+,22?/m0/s1. The van der Waals surface area contributed by atoms with E-state index >= 15 is 0 Å². The van der Waals surface area contributed by atoms with E-state index in [0.29, 0.717) is 11.3 Å². The summed E-state index contributed by atoms with van der Waals surface area (Å²) >= 11 is 0. The van der Waals surface area contributed by atoms with Gasteiger partial charge in [0.25, 0.3) is 10.0 Å². The first kappa shape index (κ1) is 31.0. The van der Waals surface area contributed by atoms with Crippen molar-refractivity contribution in [1.29, 1.82) is 0 Å². The van der Waals surface area contributed by atoms with Gasteiger partial charge in [-0.05, 0) is 42.7 Å². The lowest BCUT2D eigenvalue weighted by atomic mass is 9.84. The number of nitrogens with zero attached hydrogens (tertiary/aromatic N) is 4. The van der Waals surface area contributed by atoms with Gasteiger partial charge in [-0.1, -0.05) is 39.0 Å². The zero-order valence-electron chi connectivity index (χ0n) is 22.4. The second-order valence-corrected chi connectivity index (χ2v) is 12.1. The molecule has 0 spiro atoms. The van der Waals surface area contributed by atoms with E-state index in [1.165, 1.54) is 42.1 Å². The third-order valence-electron chi connectivity index (χ3n) is 6.46. The lowest BCUT2D eigenvalue weighted by Gasteiger charge is -2.43. The largest absolute Gasteiger partial charge is 0.465 e. The number of aliphatic hydroxyl groups is 1. The first-order valence-corrected chi connectivity index (χ1v) is 13.8. The highest BCUT2D eigenvalue weighted by atomic mass is 32.2. The number of aromatic nitrogens is 3. The molecule has 0 aliphatic carbocycles. The van der Waals surface area contributed by atoms with Crippen LogP contribution in [0.5, 0.6) is 0 Å². The Morgan fingerprint density at radius 2 is 1.75 bits per heavy atom. The lowest BCUT2D eigenvalue weighted by Crippen LogP contribution is -2.57. The van der Waals surface area contributed by atoms with Gasteiger partial charge in [-0.25, -0.2) is 22.9 Å². The Morgan fingerprint density at radius 3 is 2.27 bits per heavy atom. The number of benzene rings is 1. The van der Waals surface area contributed by atoms with Gasteiger partial charge in [0.1, 0.15) is 0 Å². The molecule has 14 heteroatoms. The monoisotopic (exact) mass is 583 g/mol. The van der Waals surface area contributed by atoms with Crippen LogP contribution in [-0.4, -0.2) is 69.1 Å². The van der Waals surface area contributed by atoms with E-state index in [1.54, 1.807) is 18.3 Å². The molecule has 0 bridgehead atoms. The molecule has 3 aromatic rings. The molecule has 1 aromatic carbocycles. The van der Waals surface area contributed by atoms with E-state index < -0.39 is 58.0 Å². The number of pyridine rings is 1. The van der Waals surface area contributed by atoms with Crippen LogP contribution in [0.4, 0.5) is 18.0 Å². The fourth-order valence-electron chi connectivity index (χ4n) is 4.13. The summed E-state index contributed by atoms with van der Waals surface area (Å²) in [6, 6.07) is 8.74. The summed E-state index contributed by atoms with van der Waals surface area (Å²) in [4.78, 5) is 17.3. The van der Waals surface area contributed by atoms with Gasteiger partial charge in [0.15, 0.2) is 5.03 Å². The van der Waals surface area contributed by atoms with Crippen LogP contribution in [-0.2, 0) is 22.7 Å². The van der Waals surface area contributed by atoms with E-state index in [4.69, 9.17) is 0 Å². The third-order valence-corrected chi connectivity index (χ3v) is 7.80. The minimum absolute atomic E-state index is 0.0627. The molecule has 3 rings (SSSR count). The number of nitrogens with one attached hydrogen (secondary N) is 1. The van der Waals surface area contributed by atoms with Gasteiger partial charge in [0.05, 0.1) is 36.0 Å². The zero-order valence-corrected chi connectivity index (χ0v) is 23.2. The second kappa shape index (κ2) is 11.9. The van der Waals surface area contributed by atoms with Crippen molar-refractivity contribution in [3.05, 3.63) is 66.5 Å². The average Bonchev–Trinajstić information content (AvgIpc) is 3.35. The summed E-state index contributed by atoms with van der Waals surface area (Å²) < 4.78 is 67.5. The Morgan fingerprint density at radius 1 is 1.10 bits per heavy atom. The molecule has 0 saturated heterocycles. The molecule has 0 aliphatic rings. The number of aliphatic hydroxyl groups excluding tert-OH is 1. The minimum Gasteiger partial charge on any atom is -0.465 e. The van der Waals surface area contributed by atoms with Crippen LogP contribution in [0.3, 0.4) is 0 Å². The van der Waals surface area contributed by atoms with Gasteiger partial charge >= 0.3 is 12.3 Å².